The van der Waals surface area contributed by atoms with E-state index in [9.17, 15) is 24.6 Å². The normalized spacial score (nSPS) is 44.2. The zero-order valence-corrected chi connectivity index (χ0v) is 18.2. The number of allylic oxidation sites excluding steroid dienone is 6. The number of rotatable bonds is 3. The lowest BCUT2D eigenvalue weighted by Gasteiger charge is -2.57. The summed E-state index contributed by atoms with van der Waals surface area (Å²) in [5, 5.41) is 21.4. The lowest BCUT2D eigenvalue weighted by atomic mass is 9.48. The Balaban J connectivity index is 1.78. The molecule has 0 radical (unpaired) electrons. The van der Waals surface area contributed by atoms with Gasteiger partial charge in [0.2, 0.25) is 10.4 Å². The first kappa shape index (κ1) is 21.6. The van der Waals surface area contributed by atoms with Crippen molar-refractivity contribution in [3.05, 3.63) is 36.0 Å². The van der Waals surface area contributed by atoms with Gasteiger partial charge in [-0.05, 0) is 48.8 Å². The highest BCUT2D eigenvalue weighted by atomic mass is 35.5. The van der Waals surface area contributed by atoms with Crippen LogP contribution < -0.4 is 0 Å². The predicted molar refractivity (Wildman–Crippen MR) is 110 cm³/mol. The Kier molecular flexibility index (Phi) is 5.00. The van der Waals surface area contributed by atoms with Crippen molar-refractivity contribution in [1.82, 2.24) is 0 Å². The maximum Gasteiger partial charge on any atom is 0.348 e. The van der Waals surface area contributed by atoms with E-state index in [1.165, 1.54) is 6.08 Å². The van der Waals surface area contributed by atoms with E-state index in [0.29, 0.717) is 6.42 Å². The summed E-state index contributed by atoms with van der Waals surface area (Å²) in [6, 6.07) is 0. The molecule has 8 heteroatoms. The van der Waals surface area contributed by atoms with Gasteiger partial charge in [0, 0.05) is 16.7 Å². The number of hydrogen-bond donors (Lipinski definition) is 2. The number of aliphatic hydroxyl groups is 1. The fourth-order valence-electron chi connectivity index (χ4n) is 6.55. The Labute approximate surface area is 184 Å². The van der Waals surface area contributed by atoms with Gasteiger partial charge in [0.25, 0.3) is 0 Å². The Morgan fingerprint density at radius 2 is 1.97 bits per heavy atom. The minimum Gasteiger partial charge on any atom is -0.478 e. The summed E-state index contributed by atoms with van der Waals surface area (Å²) in [6.45, 7) is 3.77. The van der Waals surface area contributed by atoms with E-state index in [1.54, 1.807) is 13.0 Å². The second-order valence-electron chi connectivity index (χ2n) is 9.27. The van der Waals surface area contributed by atoms with Crippen LogP contribution in [0.1, 0.15) is 33.1 Å². The lowest BCUT2D eigenvalue weighted by Crippen LogP contribution is -2.62. The van der Waals surface area contributed by atoms with Gasteiger partial charge in [-0.1, -0.05) is 55.3 Å². The number of carboxylic acids is 1. The molecule has 7 atom stereocenters. The first-order valence-electron chi connectivity index (χ1n) is 10.0. The smallest absolute Gasteiger partial charge is 0.348 e. The number of ether oxygens (including phenoxy) is 1. The van der Waals surface area contributed by atoms with Crippen molar-refractivity contribution in [3.8, 4) is 0 Å². The van der Waals surface area contributed by atoms with Gasteiger partial charge < -0.3 is 14.9 Å². The van der Waals surface area contributed by atoms with Gasteiger partial charge in [-0.15, -0.1) is 0 Å². The lowest BCUT2D eigenvalue weighted by molar-refractivity contribution is -0.205. The van der Waals surface area contributed by atoms with Crippen molar-refractivity contribution < 1.29 is 29.3 Å². The van der Waals surface area contributed by atoms with Crippen LogP contribution in [0.5, 0.6) is 0 Å². The molecule has 0 aliphatic heterocycles. The molecule has 2 fully saturated rings. The number of halogens is 2. The van der Waals surface area contributed by atoms with Gasteiger partial charge in [-0.25, -0.2) is 9.59 Å². The fraction of sp³-hybridized carbons (Fsp3) is 0.591. The first-order chi connectivity index (χ1) is 14.0. The molecule has 0 aromatic carbocycles. The number of esters is 1. The monoisotopic (exact) mass is 454 g/mol. The van der Waals surface area contributed by atoms with E-state index in [2.05, 4.69) is 0 Å². The number of carbonyl (C=O) groups is 3. The van der Waals surface area contributed by atoms with Crippen LogP contribution in [-0.2, 0) is 19.1 Å². The third-order valence-electron chi connectivity index (χ3n) is 7.98. The summed E-state index contributed by atoms with van der Waals surface area (Å²) in [7, 11) is 0. The summed E-state index contributed by atoms with van der Waals surface area (Å²) >= 11 is 11.3. The quantitative estimate of drug-likeness (QED) is 0.501. The SMILES string of the molecule is C[C@]12C=CC(=O)C=C1C=C[C@@H]1[C@@H]2[C@@H](O)C[C@@]2(C)[C@H]1CC[C@]2(OC(=O)C(Cl)Cl)C(=O)O. The Morgan fingerprint density at radius 1 is 1.27 bits per heavy atom. The van der Waals surface area contributed by atoms with Crippen LogP contribution in [0.3, 0.4) is 0 Å². The number of aliphatic carboxylic acids is 1. The molecule has 4 aliphatic carbocycles. The molecule has 2 saturated carbocycles. The molecule has 0 aromatic heterocycles. The van der Waals surface area contributed by atoms with Crippen LogP contribution in [0.2, 0.25) is 0 Å². The van der Waals surface area contributed by atoms with Crippen molar-refractivity contribution in [2.45, 2.75) is 49.7 Å². The minimum absolute atomic E-state index is 0.0879. The highest BCUT2D eigenvalue weighted by Gasteiger charge is 2.70. The Bertz CT molecular complexity index is 907. The highest BCUT2D eigenvalue weighted by Crippen LogP contribution is 2.66. The van der Waals surface area contributed by atoms with Gasteiger partial charge in [-0.3, -0.25) is 4.79 Å². The molecule has 0 aromatic rings. The van der Waals surface area contributed by atoms with Crippen LogP contribution >= 0.6 is 23.2 Å². The molecule has 2 N–H and O–H groups in total. The predicted octanol–water partition coefficient (Wildman–Crippen LogP) is 3.21. The van der Waals surface area contributed by atoms with Crippen molar-refractivity contribution in [2.75, 3.05) is 0 Å². The van der Waals surface area contributed by atoms with E-state index in [0.717, 1.165) is 5.57 Å². The maximum atomic E-state index is 12.4. The van der Waals surface area contributed by atoms with E-state index in [4.69, 9.17) is 27.9 Å². The summed E-state index contributed by atoms with van der Waals surface area (Å²) in [6.07, 6.45) is 8.77. The topological polar surface area (TPSA) is 101 Å². The molecular weight excluding hydrogens is 431 g/mol. The fourth-order valence-corrected chi connectivity index (χ4v) is 6.64. The van der Waals surface area contributed by atoms with E-state index in [1.807, 2.05) is 25.2 Å². The number of fused-ring (bicyclic) bond motifs is 5. The number of alkyl halides is 2. The molecule has 162 valence electrons. The maximum absolute atomic E-state index is 12.4. The number of carbonyl (C=O) groups excluding carboxylic acids is 2. The summed E-state index contributed by atoms with van der Waals surface area (Å²) in [5.74, 6) is -2.83. The second kappa shape index (κ2) is 6.94. The molecule has 0 saturated heterocycles. The average molecular weight is 455 g/mol. The zero-order chi connectivity index (χ0) is 22.1. The minimum atomic E-state index is -1.81. The molecule has 6 nitrogen and oxygen atoms in total. The van der Waals surface area contributed by atoms with E-state index in [-0.39, 0.29) is 36.4 Å². The van der Waals surface area contributed by atoms with Crippen molar-refractivity contribution in [1.29, 1.82) is 0 Å². The van der Waals surface area contributed by atoms with Crippen molar-refractivity contribution in [3.63, 3.8) is 0 Å². The Hall–Kier alpha value is -1.63. The third kappa shape index (κ3) is 2.76. The van der Waals surface area contributed by atoms with E-state index >= 15 is 0 Å². The molecule has 0 bridgehead atoms. The molecule has 4 aliphatic rings. The molecule has 0 heterocycles. The highest BCUT2D eigenvalue weighted by molar-refractivity contribution is 6.53. The number of carboxylic acid groups (broad SMARTS) is 1. The standard InChI is InChI=1S/C22H24Cl2O6/c1-20-7-5-12(25)9-11(20)3-4-13-14-6-8-22(19(28)29,30-18(27)17(23)24)21(14,2)10-15(26)16(13)20/h3-5,7,9,13-17,26H,6,8,10H2,1-2H3,(H,28,29)/t13-,14-,15-,16+,20-,21-,22-/m0/s1. The number of aliphatic hydroxyl groups excluding tert-OH is 1. The zero-order valence-electron chi connectivity index (χ0n) is 16.7. The van der Waals surface area contributed by atoms with Gasteiger partial charge in [-0.2, -0.15) is 0 Å². The van der Waals surface area contributed by atoms with E-state index < -0.39 is 39.3 Å². The van der Waals surface area contributed by atoms with Gasteiger partial charge in [0.1, 0.15) is 0 Å². The molecule has 0 amide bonds. The van der Waals surface area contributed by atoms with Gasteiger partial charge in [0.15, 0.2) is 5.78 Å². The van der Waals surface area contributed by atoms with Crippen molar-refractivity contribution >= 4 is 40.9 Å². The van der Waals surface area contributed by atoms with Crippen molar-refractivity contribution in [2.24, 2.45) is 28.6 Å². The number of ketones is 1. The van der Waals surface area contributed by atoms with Gasteiger partial charge >= 0.3 is 11.9 Å². The Morgan fingerprint density at radius 3 is 2.60 bits per heavy atom. The van der Waals surface area contributed by atoms with Crippen LogP contribution in [0.4, 0.5) is 0 Å². The van der Waals surface area contributed by atoms with Crippen LogP contribution in [0, 0.1) is 28.6 Å². The number of hydrogen-bond acceptors (Lipinski definition) is 5. The molecule has 0 spiro atoms. The summed E-state index contributed by atoms with van der Waals surface area (Å²) in [5.41, 5.74) is -2.50. The van der Waals surface area contributed by atoms with Crippen LogP contribution in [-0.4, -0.2) is 44.5 Å². The molecule has 4 rings (SSSR count). The van der Waals surface area contributed by atoms with Crippen LogP contribution in [0.25, 0.3) is 0 Å². The molecule has 30 heavy (non-hydrogen) atoms. The molecule has 0 unspecified atom stereocenters. The second-order valence-corrected chi connectivity index (χ2v) is 10.4. The first-order valence-corrected chi connectivity index (χ1v) is 10.9. The van der Waals surface area contributed by atoms with Crippen LogP contribution in [0.15, 0.2) is 36.0 Å². The molecular formula is C22H24Cl2O6. The average Bonchev–Trinajstić information content (AvgIpc) is 2.94. The largest absolute Gasteiger partial charge is 0.478 e. The summed E-state index contributed by atoms with van der Waals surface area (Å²) < 4.78 is 5.46. The summed E-state index contributed by atoms with van der Waals surface area (Å²) in [4.78, 5) is 35.0. The third-order valence-corrected chi connectivity index (χ3v) is 8.33. The van der Waals surface area contributed by atoms with Gasteiger partial charge in [0.05, 0.1) is 6.10 Å².